The molecule has 0 saturated carbocycles. The Kier molecular flexibility index (Phi) is 4.24. The number of rotatable bonds is 4. The fourth-order valence-corrected chi connectivity index (χ4v) is 3.11. The summed E-state index contributed by atoms with van der Waals surface area (Å²) in [6.07, 6.45) is 0. The van der Waals surface area contributed by atoms with Gasteiger partial charge in [-0.3, -0.25) is 9.48 Å². The first-order chi connectivity index (χ1) is 13.0. The van der Waals surface area contributed by atoms with E-state index < -0.39 is 0 Å². The normalized spacial score (nSPS) is 11.3. The summed E-state index contributed by atoms with van der Waals surface area (Å²) in [6.45, 7) is 5.90. The number of nitrogens with zero attached hydrogens (tertiary/aromatic N) is 3. The quantitative estimate of drug-likeness (QED) is 0.560. The molecule has 0 aliphatic heterocycles. The maximum atomic E-state index is 12.7. The highest BCUT2D eigenvalue weighted by molar-refractivity contribution is 6.03. The van der Waals surface area contributed by atoms with E-state index in [9.17, 15) is 4.79 Å². The number of H-pyrrole nitrogens is 1. The van der Waals surface area contributed by atoms with Gasteiger partial charge in [-0.1, -0.05) is 24.3 Å². The van der Waals surface area contributed by atoms with Gasteiger partial charge >= 0.3 is 0 Å². The van der Waals surface area contributed by atoms with E-state index in [1.165, 1.54) is 0 Å². The topological polar surface area (TPSA) is 75.6 Å². The maximum Gasteiger partial charge on any atom is 0.273 e. The summed E-state index contributed by atoms with van der Waals surface area (Å²) < 4.78 is 1.74. The number of nitrogens with one attached hydrogen (secondary N) is 2. The van der Waals surface area contributed by atoms with Crippen molar-refractivity contribution in [2.45, 2.75) is 26.8 Å². The van der Waals surface area contributed by atoms with Crippen LogP contribution in [0.3, 0.4) is 0 Å². The third-order valence-corrected chi connectivity index (χ3v) is 4.36. The summed E-state index contributed by atoms with van der Waals surface area (Å²) >= 11 is 0. The predicted molar refractivity (Wildman–Crippen MR) is 107 cm³/mol. The second kappa shape index (κ2) is 6.72. The van der Waals surface area contributed by atoms with Crippen molar-refractivity contribution in [3.05, 3.63) is 66.0 Å². The van der Waals surface area contributed by atoms with E-state index >= 15 is 0 Å². The van der Waals surface area contributed by atoms with Crippen molar-refractivity contribution in [3.8, 4) is 11.4 Å². The first-order valence-electron chi connectivity index (χ1n) is 8.94. The molecule has 0 saturated heterocycles. The van der Waals surface area contributed by atoms with Gasteiger partial charge in [0, 0.05) is 17.3 Å². The molecule has 4 aromatic rings. The largest absolute Gasteiger partial charge is 0.338 e. The molecular weight excluding hydrogens is 338 g/mol. The highest BCUT2D eigenvalue weighted by Crippen LogP contribution is 2.23. The number of benzene rings is 2. The van der Waals surface area contributed by atoms with E-state index in [4.69, 9.17) is 0 Å². The van der Waals surface area contributed by atoms with Crippen LogP contribution in [0.25, 0.3) is 22.4 Å². The van der Waals surface area contributed by atoms with Crippen LogP contribution in [-0.2, 0) is 0 Å². The van der Waals surface area contributed by atoms with Gasteiger partial charge in [0.1, 0.15) is 11.5 Å². The van der Waals surface area contributed by atoms with Crippen LogP contribution in [0.4, 0.5) is 5.69 Å². The smallest absolute Gasteiger partial charge is 0.273 e. The molecule has 136 valence electrons. The van der Waals surface area contributed by atoms with E-state index in [-0.39, 0.29) is 11.9 Å². The number of anilines is 1. The first-order valence-corrected chi connectivity index (χ1v) is 8.94. The van der Waals surface area contributed by atoms with E-state index in [1.54, 1.807) is 10.7 Å². The van der Waals surface area contributed by atoms with E-state index in [2.05, 4.69) is 20.4 Å². The van der Waals surface area contributed by atoms with Crippen molar-refractivity contribution in [1.82, 2.24) is 19.7 Å². The van der Waals surface area contributed by atoms with Crippen LogP contribution in [0.1, 0.15) is 36.1 Å². The fraction of sp³-hybridized carbons (Fsp3) is 0.190. The zero-order valence-electron chi connectivity index (χ0n) is 15.5. The highest BCUT2D eigenvalue weighted by atomic mass is 16.2. The number of aromatic amines is 1. The lowest BCUT2D eigenvalue weighted by Crippen LogP contribution is -2.19. The number of imidazole rings is 1. The number of hydrogen-bond acceptors (Lipinski definition) is 3. The highest BCUT2D eigenvalue weighted by Gasteiger charge is 2.16. The molecule has 0 radical (unpaired) electrons. The minimum Gasteiger partial charge on any atom is -0.338 e. The Bertz CT molecular complexity index is 1090. The van der Waals surface area contributed by atoms with Crippen molar-refractivity contribution in [3.63, 3.8) is 0 Å². The molecule has 27 heavy (non-hydrogen) atoms. The molecular formula is C21H21N5O. The number of amides is 1. The lowest BCUT2D eigenvalue weighted by atomic mass is 10.2. The molecule has 4 rings (SSSR count). The predicted octanol–water partition coefficient (Wildman–Crippen LogP) is 4.57. The first kappa shape index (κ1) is 17.0. The molecule has 0 bridgehead atoms. The van der Waals surface area contributed by atoms with Gasteiger partial charge in [0.25, 0.3) is 5.91 Å². The molecule has 0 fully saturated rings. The van der Waals surface area contributed by atoms with Gasteiger partial charge in [0.2, 0.25) is 0 Å². The molecule has 2 N–H and O–H groups in total. The van der Waals surface area contributed by atoms with Crippen molar-refractivity contribution in [1.29, 1.82) is 0 Å². The van der Waals surface area contributed by atoms with E-state index in [0.717, 1.165) is 28.1 Å². The average molecular weight is 359 g/mol. The third-order valence-electron chi connectivity index (χ3n) is 4.36. The Morgan fingerprint density at radius 3 is 2.70 bits per heavy atom. The summed E-state index contributed by atoms with van der Waals surface area (Å²) in [5, 5.41) is 7.37. The lowest BCUT2D eigenvalue weighted by molar-refractivity contribution is 0.101. The van der Waals surface area contributed by atoms with Crippen LogP contribution in [0.5, 0.6) is 0 Å². The third kappa shape index (κ3) is 3.33. The number of aryl methyl sites for hydroxylation is 1. The summed E-state index contributed by atoms with van der Waals surface area (Å²) in [7, 11) is 0. The fourth-order valence-electron chi connectivity index (χ4n) is 3.11. The van der Waals surface area contributed by atoms with Crippen LogP contribution in [0.2, 0.25) is 0 Å². The van der Waals surface area contributed by atoms with Crippen molar-refractivity contribution in [2.75, 3.05) is 5.32 Å². The molecule has 6 heteroatoms. The van der Waals surface area contributed by atoms with Gasteiger partial charge in [-0.05, 0) is 51.1 Å². The average Bonchev–Trinajstić information content (AvgIpc) is 3.25. The second-order valence-corrected chi connectivity index (χ2v) is 6.85. The number of carbonyl (C=O) groups excluding carboxylic acids is 1. The van der Waals surface area contributed by atoms with Crippen LogP contribution < -0.4 is 5.32 Å². The molecule has 1 amide bonds. The van der Waals surface area contributed by atoms with E-state index in [0.29, 0.717) is 11.4 Å². The Hall–Kier alpha value is -3.41. The standard InChI is InChI=1S/C21H21N5O/c1-13(2)26-19(11-14(3)25-26)21(27)22-16-8-6-7-15(12-16)20-23-17-9-4-5-10-18(17)24-20/h4-13H,1-3H3,(H,22,27)(H,23,24). The molecule has 0 spiro atoms. The summed E-state index contributed by atoms with van der Waals surface area (Å²) in [5.74, 6) is 0.599. The molecule has 2 aromatic heterocycles. The Balaban J connectivity index is 1.62. The number of hydrogen-bond donors (Lipinski definition) is 2. The van der Waals surface area contributed by atoms with Crippen molar-refractivity contribution < 1.29 is 4.79 Å². The molecule has 0 aliphatic carbocycles. The Morgan fingerprint density at radius 2 is 1.93 bits per heavy atom. The Morgan fingerprint density at radius 1 is 1.11 bits per heavy atom. The van der Waals surface area contributed by atoms with Crippen LogP contribution in [-0.4, -0.2) is 25.7 Å². The minimum absolute atomic E-state index is 0.112. The summed E-state index contributed by atoms with van der Waals surface area (Å²) in [4.78, 5) is 20.7. The zero-order chi connectivity index (χ0) is 19.0. The van der Waals surface area contributed by atoms with E-state index in [1.807, 2.05) is 69.3 Å². The summed E-state index contributed by atoms with van der Waals surface area (Å²) in [5.41, 5.74) is 4.91. The number of fused-ring (bicyclic) bond motifs is 1. The molecule has 0 atom stereocenters. The molecule has 2 aromatic carbocycles. The lowest BCUT2D eigenvalue weighted by Gasteiger charge is -2.11. The molecule has 0 aliphatic rings. The van der Waals surface area contributed by atoms with Crippen LogP contribution in [0, 0.1) is 6.92 Å². The molecule has 0 unspecified atom stereocenters. The van der Waals surface area contributed by atoms with Gasteiger partial charge < -0.3 is 10.3 Å². The SMILES string of the molecule is Cc1cc(C(=O)Nc2cccc(-c3nc4ccccc4[nH]3)c2)n(C(C)C)n1. The second-order valence-electron chi connectivity index (χ2n) is 6.85. The maximum absolute atomic E-state index is 12.7. The van der Waals surface area contributed by atoms with Gasteiger partial charge in [-0.15, -0.1) is 0 Å². The monoisotopic (exact) mass is 359 g/mol. The van der Waals surface area contributed by atoms with Crippen molar-refractivity contribution >= 4 is 22.6 Å². The summed E-state index contributed by atoms with van der Waals surface area (Å²) in [6, 6.07) is 17.5. The van der Waals surface area contributed by atoms with Crippen molar-refractivity contribution in [2.24, 2.45) is 0 Å². The molecule has 6 nitrogen and oxygen atoms in total. The van der Waals surface area contributed by atoms with Gasteiger partial charge in [-0.25, -0.2) is 4.98 Å². The van der Waals surface area contributed by atoms with Crippen LogP contribution in [0.15, 0.2) is 54.6 Å². The number of para-hydroxylation sites is 2. The molecule has 2 heterocycles. The van der Waals surface area contributed by atoms with Crippen LogP contribution >= 0.6 is 0 Å². The minimum atomic E-state index is -0.175. The van der Waals surface area contributed by atoms with Gasteiger partial charge in [0.15, 0.2) is 0 Å². The van der Waals surface area contributed by atoms with Gasteiger partial charge in [-0.2, -0.15) is 5.10 Å². The zero-order valence-corrected chi connectivity index (χ0v) is 15.5. The number of carbonyl (C=O) groups is 1. The van der Waals surface area contributed by atoms with Gasteiger partial charge in [0.05, 0.1) is 16.7 Å². The Labute approximate surface area is 157 Å². The number of aromatic nitrogens is 4.